The van der Waals surface area contributed by atoms with Gasteiger partial charge in [0.1, 0.15) is 34.7 Å². The first-order valence-electron chi connectivity index (χ1n) is 11.5. The van der Waals surface area contributed by atoms with E-state index in [1.54, 1.807) is 42.5 Å². The Bertz CT molecular complexity index is 1280. The van der Waals surface area contributed by atoms with Gasteiger partial charge in [-0.25, -0.2) is 0 Å². The van der Waals surface area contributed by atoms with E-state index < -0.39 is 12.0 Å². The first kappa shape index (κ1) is 26.1. The Labute approximate surface area is 215 Å². The largest absolute Gasteiger partial charge is 0.497 e. The highest BCUT2D eigenvalue weighted by molar-refractivity contribution is 6.07. The maximum atomic E-state index is 14.3. The molecule has 3 aromatic carbocycles. The fourth-order valence-corrected chi connectivity index (χ4v) is 4.73. The second-order valence-corrected chi connectivity index (χ2v) is 8.38. The number of benzene rings is 3. The molecule has 2 atom stereocenters. The minimum absolute atomic E-state index is 0.239. The van der Waals surface area contributed by atoms with Gasteiger partial charge in [0.2, 0.25) is 0 Å². The summed E-state index contributed by atoms with van der Waals surface area (Å²) in [4.78, 5) is 14.3. The van der Waals surface area contributed by atoms with E-state index in [1.165, 1.54) is 35.5 Å². The van der Waals surface area contributed by atoms with Crippen LogP contribution in [0.1, 0.15) is 44.6 Å². The van der Waals surface area contributed by atoms with Gasteiger partial charge < -0.3 is 38.6 Å². The van der Waals surface area contributed by atoms with Gasteiger partial charge in [0.05, 0.1) is 54.7 Å². The molecular weight excluding hydrogens is 480 g/mol. The number of aliphatic hydroxyl groups is 2. The monoisotopic (exact) mass is 510 g/mol. The lowest BCUT2D eigenvalue weighted by molar-refractivity contribution is 0.0768. The standard InChI is InChI=1S/C28H30O9/c1-32-18-10-17(14-30)24(22(12-18)36-5)26-27(31)25-21(35-4)8-15(13-29)9-23(25)37-28(26)16-6-7-19(33-2)20(11-16)34-3/h6-12,26,28-30H,13-14H2,1-5H3/t26-,28-/m1/s1. The molecule has 0 saturated heterocycles. The number of ketones is 1. The number of carbonyl (C=O) groups excluding carboxylic acids is 1. The van der Waals surface area contributed by atoms with Gasteiger partial charge in [0.15, 0.2) is 17.3 Å². The van der Waals surface area contributed by atoms with Crippen molar-refractivity contribution in [3.63, 3.8) is 0 Å². The molecule has 37 heavy (non-hydrogen) atoms. The lowest BCUT2D eigenvalue weighted by Crippen LogP contribution is -2.31. The molecule has 0 saturated carbocycles. The zero-order valence-electron chi connectivity index (χ0n) is 21.4. The van der Waals surface area contributed by atoms with Gasteiger partial charge in [-0.05, 0) is 47.0 Å². The molecule has 196 valence electrons. The van der Waals surface area contributed by atoms with Crippen LogP contribution in [0.2, 0.25) is 0 Å². The molecular formula is C28H30O9. The van der Waals surface area contributed by atoms with Crippen LogP contribution in [0.3, 0.4) is 0 Å². The van der Waals surface area contributed by atoms with Crippen LogP contribution >= 0.6 is 0 Å². The molecule has 0 amide bonds. The van der Waals surface area contributed by atoms with E-state index in [4.69, 9.17) is 28.4 Å². The van der Waals surface area contributed by atoms with Crippen LogP contribution in [-0.4, -0.2) is 51.5 Å². The van der Waals surface area contributed by atoms with Gasteiger partial charge in [0.25, 0.3) is 0 Å². The summed E-state index contributed by atoms with van der Waals surface area (Å²) < 4.78 is 33.9. The highest BCUT2D eigenvalue weighted by atomic mass is 16.5. The summed E-state index contributed by atoms with van der Waals surface area (Å²) in [5, 5.41) is 20.1. The summed E-state index contributed by atoms with van der Waals surface area (Å²) >= 11 is 0. The van der Waals surface area contributed by atoms with Gasteiger partial charge in [-0.3, -0.25) is 4.79 Å². The smallest absolute Gasteiger partial charge is 0.182 e. The van der Waals surface area contributed by atoms with Crippen LogP contribution in [0, 0.1) is 0 Å². The van der Waals surface area contributed by atoms with Gasteiger partial charge in [-0.2, -0.15) is 0 Å². The Kier molecular flexibility index (Phi) is 7.75. The number of aliphatic hydroxyl groups excluding tert-OH is 2. The number of methoxy groups -OCH3 is 5. The molecule has 3 aromatic rings. The Morgan fingerprint density at radius 1 is 0.757 bits per heavy atom. The number of rotatable bonds is 9. The van der Waals surface area contributed by atoms with E-state index in [2.05, 4.69) is 0 Å². The molecule has 2 N–H and O–H groups in total. The number of hydrogen-bond donors (Lipinski definition) is 2. The molecule has 9 heteroatoms. The Balaban J connectivity index is 2.01. The Morgan fingerprint density at radius 2 is 1.46 bits per heavy atom. The van der Waals surface area contributed by atoms with Gasteiger partial charge in [-0.1, -0.05) is 6.07 Å². The molecule has 1 aliphatic rings. The van der Waals surface area contributed by atoms with Gasteiger partial charge in [0, 0.05) is 11.6 Å². The molecule has 0 fully saturated rings. The van der Waals surface area contributed by atoms with E-state index in [-0.39, 0.29) is 36.1 Å². The maximum absolute atomic E-state index is 14.3. The fraction of sp³-hybridized carbons (Fsp3) is 0.321. The van der Waals surface area contributed by atoms with Crippen molar-refractivity contribution in [2.75, 3.05) is 35.5 Å². The molecule has 0 bridgehead atoms. The van der Waals surface area contributed by atoms with Crippen LogP contribution in [0.15, 0.2) is 42.5 Å². The van der Waals surface area contributed by atoms with Crippen molar-refractivity contribution >= 4 is 5.78 Å². The Morgan fingerprint density at radius 3 is 2.05 bits per heavy atom. The van der Waals surface area contributed by atoms with E-state index in [1.807, 2.05) is 0 Å². The fourth-order valence-electron chi connectivity index (χ4n) is 4.73. The highest BCUT2D eigenvalue weighted by Gasteiger charge is 2.44. The number of ether oxygens (including phenoxy) is 6. The van der Waals surface area contributed by atoms with Crippen molar-refractivity contribution in [3.8, 4) is 34.5 Å². The van der Waals surface area contributed by atoms with Crippen LogP contribution in [0.5, 0.6) is 34.5 Å². The summed E-state index contributed by atoms with van der Waals surface area (Å²) in [6, 6.07) is 11.8. The zero-order valence-corrected chi connectivity index (χ0v) is 21.4. The molecule has 0 aliphatic carbocycles. The number of fused-ring (bicyclic) bond motifs is 1. The lowest BCUT2D eigenvalue weighted by Gasteiger charge is -2.35. The maximum Gasteiger partial charge on any atom is 0.182 e. The molecule has 1 aliphatic heterocycles. The minimum Gasteiger partial charge on any atom is -0.497 e. The molecule has 4 rings (SSSR count). The van der Waals surface area contributed by atoms with Crippen LogP contribution < -0.4 is 28.4 Å². The van der Waals surface area contributed by atoms with E-state index in [0.717, 1.165) is 0 Å². The third kappa shape index (κ3) is 4.63. The zero-order chi connectivity index (χ0) is 26.7. The Hall–Kier alpha value is -3.95. The molecule has 0 aromatic heterocycles. The quantitative estimate of drug-likeness (QED) is 0.444. The topological polar surface area (TPSA) is 113 Å². The third-order valence-corrected chi connectivity index (χ3v) is 6.49. The van der Waals surface area contributed by atoms with Crippen molar-refractivity contribution in [1.29, 1.82) is 0 Å². The second-order valence-electron chi connectivity index (χ2n) is 8.38. The SMILES string of the molecule is COc1cc(CO)c([C@@H]2C(=O)c3c(OC)cc(CO)cc3O[C@@H]2c2ccc(OC)c(OC)c2)c(OC)c1. The minimum atomic E-state index is -0.928. The molecule has 0 spiro atoms. The van der Waals surface area contributed by atoms with Gasteiger partial charge in [-0.15, -0.1) is 0 Å². The highest BCUT2D eigenvalue weighted by Crippen LogP contribution is 2.51. The van der Waals surface area contributed by atoms with E-state index in [0.29, 0.717) is 45.3 Å². The molecule has 1 heterocycles. The number of carbonyl (C=O) groups is 1. The number of hydrogen-bond acceptors (Lipinski definition) is 9. The number of Topliss-reactive ketones (excluding diaryl/α,β-unsaturated/α-hetero) is 1. The molecule has 9 nitrogen and oxygen atoms in total. The molecule has 0 unspecified atom stereocenters. The summed E-state index contributed by atoms with van der Waals surface area (Å²) in [7, 11) is 7.51. The predicted molar refractivity (Wildman–Crippen MR) is 134 cm³/mol. The third-order valence-electron chi connectivity index (χ3n) is 6.49. The summed E-state index contributed by atoms with van der Waals surface area (Å²) in [5.41, 5.74) is 2.33. The predicted octanol–water partition coefficient (Wildman–Crippen LogP) is 3.81. The van der Waals surface area contributed by atoms with Gasteiger partial charge >= 0.3 is 0 Å². The van der Waals surface area contributed by atoms with E-state index >= 15 is 0 Å². The average Bonchev–Trinajstić information content (AvgIpc) is 2.95. The van der Waals surface area contributed by atoms with Crippen molar-refractivity contribution in [3.05, 3.63) is 70.3 Å². The first-order valence-corrected chi connectivity index (χ1v) is 11.5. The van der Waals surface area contributed by atoms with Crippen LogP contribution in [0.4, 0.5) is 0 Å². The van der Waals surface area contributed by atoms with Crippen molar-refractivity contribution < 1.29 is 43.4 Å². The lowest BCUT2D eigenvalue weighted by atomic mass is 9.78. The van der Waals surface area contributed by atoms with Crippen LogP contribution in [-0.2, 0) is 13.2 Å². The van der Waals surface area contributed by atoms with Crippen molar-refractivity contribution in [1.82, 2.24) is 0 Å². The van der Waals surface area contributed by atoms with Crippen LogP contribution in [0.25, 0.3) is 0 Å². The van der Waals surface area contributed by atoms with Crippen molar-refractivity contribution in [2.24, 2.45) is 0 Å². The summed E-state index contributed by atoms with van der Waals surface area (Å²) in [6.07, 6.45) is -0.842. The average molecular weight is 511 g/mol. The van der Waals surface area contributed by atoms with E-state index in [9.17, 15) is 15.0 Å². The van der Waals surface area contributed by atoms with Crippen molar-refractivity contribution in [2.45, 2.75) is 25.2 Å². The molecule has 0 radical (unpaired) electrons. The summed E-state index contributed by atoms with van der Waals surface area (Å²) in [5.74, 6) is 1.16. The normalized spacial score (nSPS) is 16.5. The second kappa shape index (κ2) is 11.0. The summed E-state index contributed by atoms with van der Waals surface area (Å²) in [6.45, 7) is -0.620. The first-order chi connectivity index (χ1) is 17.9.